The van der Waals surface area contributed by atoms with Crippen molar-refractivity contribution in [1.82, 2.24) is 28.9 Å². The van der Waals surface area contributed by atoms with Gasteiger partial charge in [0, 0.05) is 47.2 Å². The van der Waals surface area contributed by atoms with Gasteiger partial charge in [0.05, 0.1) is 6.54 Å². The summed E-state index contributed by atoms with van der Waals surface area (Å²) in [5.74, 6) is 0.817. The van der Waals surface area contributed by atoms with Gasteiger partial charge in [0.25, 0.3) is 5.56 Å². The van der Waals surface area contributed by atoms with Gasteiger partial charge in [-0.1, -0.05) is 0 Å². The second kappa shape index (κ2) is 5.65. The molecule has 9 nitrogen and oxygen atoms in total. The Morgan fingerprint density at radius 1 is 1.13 bits per heavy atom. The molecule has 0 aliphatic carbocycles. The first-order chi connectivity index (χ1) is 10.9. The van der Waals surface area contributed by atoms with Crippen molar-refractivity contribution >= 4 is 17.1 Å². The third kappa shape index (κ3) is 2.67. The van der Waals surface area contributed by atoms with Gasteiger partial charge in [-0.15, -0.1) is 0 Å². The van der Waals surface area contributed by atoms with E-state index in [1.807, 2.05) is 4.90 Å². The third-order valence-electron chi connectivity index (χ3n) is 4.41. The van der Waals surface area contributed by atoms with Gasteiger partial charge >= 0.3 is 5.69 Å². The smallest absolute Gasteiger partial charge is 0.329 e. The summed E-state index contributed by atoms with van der Waals surface area (Å²) in [5, 5.41) is 0. The fraction of sp³-hybridized carbons (Fsp3) is 0.571. The lowest BCUT2D eigenvalue weighted by Crippen LogP contribution is -2.47. The number of carbonyl (C=O) groups excluding carboxylic acids is 1. The molecule has 0 atom stereocenters. The zero-order chi connectivity index (χ0) is 16.7. The van der Waals surface area contributed by atoms with Gasteiger partial charge in [0.15, 0.2) is 11.2 Å². The molecule has 0 aromatic carbocycles. The lowest BCUT2D eigenvalue weighted by Gasteiger charge is -2.33. The van der Waals surface area contributed by atoms with Crippen molar-refractivity contribution in [2.45, 2.75) is 13.5 Å². The van der Waals surface area contributed by atoms with Crippen LogP contribution in [0.3, 0.4) is 0 Å². The minimum atomic E-state index is -0.470. The maximum Gasteiger partial charge on any atom is 0.329 e. The van der Waals surface area contributed by atoms with E-state index in [0.717, 1.165) is 18.9 Å². The number of hydrogen-bond acceptors (Lipinski definition) is 5. The number of aryl methyl sites for hydroxylation is 2. The Hall–Kier alpha value is -2.42. The number of imidazole rings is 1. The molecule has 3 rings (SSSR count). The highest BCUT2D eigenvalue weighted by Gasteiger charge is 2.21. The van der Waals surface area contributed by atoms with E-state index in [9.17, 15) is 14.4 Å². The summed E-state index contributed by atoms with van der Waals surface area (Å²) in [4.78, 5) is 45.8. The standard InChI is InChI=1S/C14H20N6O3/c1-9(21)20-6-4-19(5-7-20)8-10-15-12-11(17(10)2)13(22)16-14(23)18(12)3/h4-8H2,1-3H3,(H,16,22,23). The fourth-order valence-corrected chi connectivity index (χ4v) is 2.92. The predicted molar refractivity (Wildman–Crippen MR) is 84.1 cm³/mol. The van der Waals surface area contributed by atoms with Gasteiger partial charge in [-0.05, 0) is 0 Å². The van der Waals surface area contributed by atoms with Crippen LogP contribution in [0.15, 0.2) is 9.59 Å². The topological polar surface area (TPSA) is 96.2 Å². The van der Waals surface area contributed by atoms with Crippen molar-refractivity contribution in [3.05, 3.63) is 26.7 Å². The van der Waals surface area contributed by atoms with Gasteiger partial charge < -0.3 is 9.47 Å². The summed E-state index contributed by atoms with van der Waals surface area (Å²) in [5.41, 5.74) is -0.115. The third-order valence-corrected chi connectivity index (χ3v) is 4.41. The van der Waals surface area contributed by atoms with Crippen molar-refractivity contribution in [3.8, 4) is 0 Å². The van der Waals surface area contributed by atoms with E-state index in [0.29, 0.717) is 30.8 Å². The summed E-state index contributed by atoms with van der Waals surface area (Å²) >= 11 is 0. The highest BCUT2D eigenvalue weighted by molar-refractivity contribution is 5.73. The van der Waals surface area contributed by atoms with E-state index < -0.39 is 11.2 Å². The number of piperazine rings is 1. The molecule has 0 radical (unpaired) electrons. The normalized spacial score (nSPS) is 16.2. The van der Waals surface area contributed by atoms with E-state index in [4.69, 9.17) is 0 Å². The molecule has 124 valence electrons. The zero-order valence-corrected chi connectivity index (χ0v) is 13.5. The molecular weight excluding hydrogens is 300 g/mol. The van der Waals surface area contributed by atoms with Crippen LogP contribution >= 0.6 is 0 Å². The van der Waals surface area contributed by atoms with Gasteiger partial charge in [0.1, 0.15) is 5.82 Å². The second-order valence-corrected chi connectivity index (χ2v) is 5.86. The Labute approximate surface area is 132 Å². The van der Waals surface area contributed by atoms with Crippen LogP contribution in [-0.2, 0) is 25.4 Å². The first-order valence-corrected chi connectivity index (χ1v) is 7.51. The quantitative estimate of drug-likeness (QED) is 0.736. The number of nitrogens with one attached hydrogen (secondary N) is 1. The Morgan fingerprint density at radius 3 is 2.39 bits per heavy atom. The number of amides is 1. The highest BCUT2D eigenvalue weighted by atomic mass is 16.2. The zero-order valence-electron chi connectivity index (χ0n) is 13.5. The fourth-order valence-electron chi connectivity index (χ4n) is 2.92. The number of H-pyrrole nitrogens is 1. The lowest BCUT2D eigenvalue weighted by atomic mass is 10.3. The maximum absolute atomic E-state index is 12.0. The van der Waals surface area contributed by atoms with Crippen LogP contribution in [0, 0.1) is 0 Å². The highest BCUT2D eigenvalue weighted by Crippen LogP contribution is 2.12. The number of fused-ring (bicyclic) bond motifs is 1. The predicted octanol–water partition coefficient (Wildman–Crippen LogP) is -1.38. The first kappa shape index (κ1) is 15.5. The van der Waals surface area contributed by atoms with Gasteiger partial charge in [-0.2, -0.15) is 0 Å². The van der Waals surface area contributed by atoms with Crippen molar-refractivity contribution < 1.29 is 4.79 Å². The van der Waals surface area contributed by atoms with Crippen LogP contribution < -0.4 is 11.2 Å². The molecule has 1 N–H and O–H groups in total. The number of carbonyl (C=O) groups is 1. The number of aromatic nitrogens is 4. The van der Waals surface area contributed by atoms with Crippen molar-refractivity contribution in [2.75, 3.05) is 26.2 Å². The van der Waals surface area contributed by atoms with Crippen LogP contribution in [0.2, 0.25) is 0 Å². The molecule has 0 spiro atoms. The van der Waals surface area contributed by atoms with E-state index in [1.54, 1.807) is 25.6 Å². The summed E-state index contributed by atoms with van der Waals surface area (Å²) in [7, 11) is 3.36. The van der Waals surface area contributed by atoms with Crippen LogP contribution in [-0.4, -0.2) is 61.0 Å². The SMILES string of the molecule is CC(=O)N1CCN(Cc2nc3c(c(=O)[nH]c(=O)n3C)n2C)CC1. The van der Waals surface area contributed by atoms with Crippen LogP contribution in [0.5, 0.6) is 0 Å². The molecule has 2 aromatic rings. The molecular formula is C14H20N6O3. The minimum absolute atomic E-state index is 0.0916. The minimum Gasteiger partial charge on any atom is -0.340 e. The summed E-state index contributed by atoms with van der Waals surface area (Å²) in [6.45, 7) is 5.06. The van der Waals surface area contributed by atoms with Gasteiger partial charge in [-0.25, -0.2) is 9.78 Å². The molecule has 23 heavy (non-hydrogen) atoms. The Morgan fingerprint density at radius 2 is 1.78 bits per heavy atom. The van der Waals surface area contributed by atoms with Crippen LogP contribution in [0.4, 0.5) is 0 Å². The molecule has 2 aromatic heterocycles. The van der Waals surface area contributed by atoms with Crippen molar-refractivity contribution in [2.24, 2.45) is 14.1 Å². The molecule has 1 saturated heterocycles. The van der Waals surface area contributed by atoms with E-state index in [-0.39, 0.29) is 5.91 Å². The van der Waals surface area contributed by atoms with E-state index >= 15 is 0 Å². The summed E-state index contributed by atoms with van der Waals surface area (Å²) < 4.78 is 3.07. The largest absolute Gasteiger partial charge is 0.340 e. The molecule has 3 heterocycles. The van der Waals surface area contributed by atoms with Gasteiger partial charge in [-0.3, -0.25) is 24.0 Å². The molecule has 1 amide bonds. The Balaban J connectivity index is 1.88. The molecule has 1 aliphatic rings. The molecule has 1 fully saturated rings. The number of aromatic amines is 1. The molecule has 0 bridgehead atoms. The molecule has 9 heteroatoms. The number of nitrogens with zero attached hydrogens (tertiary/aromatic N) is 5. The number of hydrogen-bond donors (Lipinski definition) is 1. The summed E-state index contributed by atoms with van der Waals surface area (Å²) in [6.07, 6.45) is 0. The Bertz CT molecular complexity index is 869. The summed E-state index contributed by atoms with van der Waals surface area (Å²) in [6, 6.07) is 0. The Kier molecular flexibility index (Phi) is 3.80. The number of rotatable bonds is 2. The van der Waals surface area contributed by atoms with Crippen LogP contribution in [0.1, 0.15) is 12.7 Å². The van der Waals surface area contributed by atoms with E-state index in [1.165, 1.54) is 4.57 Å². The first-order valence-electron chi connectivity index (χ1n) is 7.51. The second-order valence-electron chi connectivity index (χ2n) is 5.86. The van der Waals surface area contributed by atoms with Crippen LogP contribution in [0.25, 0.3) is 11.2 Å². The van der Waals surface area contributed by atoms with Gasteiger partial charge in [0.2, 0.25) is 5.91 Å². The average Bonchev–Trinajstić information content (AvgIpc) is 2.83. The average molecular weight is 320 g/mol. The van der Waals surface area contributed by atoms with E-state index in [2.05, 4.69) is 14.9 Å². The monoisotopic (exact) mass is 320 g/mol. The van der Waals surface area contributed by atoms with Crippen molar-refractivity contribution in [3.63, 3.8) is 0 Å². The van der Waals surface area contributed by atoms with Crippen molar-refractivity contribution in [1.29, 1.82) is 0 Å². The maximum atomic E-state index is 12.0. The molecule has 0 unspecified atom stereocenters. The lowest BCUT2D eigenvalue weighted by molar-refractivity contribution is -0.130. The molecule has 0 saturated carbocycles. The molecule has 1 aliphatic heterocycles.